The molecule has 1 heterocycles. The highest BCUT2D eigenvalue weighted by atomic mass is 16.2. The van der Waals surface area contributed by atoms with Gasteiger partial charge in [-0.15, -0.1) is 0 Å². The van der Waals surface area contributed by atoms with Crippen LogP contribution < -0.4 is 4.90 Å². The van der Waals surface area contributed by atoms with Crippen molar-refractivity contribution in [3.8, 4) is 11.1 Å². The van der Waals surface area contributed by atoms with Crippen molar-refractivity contribution in [2.24, 2.45) is 0 Å². The number of amides is 1. The summed E-state index contributed by atoms with van der Waals surface area (Å²) < 4.78 is 0. The van der Waals surface area contributed by atoms with Gasteiger partial charge in [-0.25, -0.2) is 0 Å². The number of rotatable bonds is 2. The fourth-order valence-corrected chi connectivity index (χ4v) is 3.14. The molecule has 3 aromatic rings. The van der Waals surface area contributed by atoms with E-state index in [4.69, 9.17) is 0 Å². The summed E-state index contributed by atoms with van der Waals surface area (Å²) in [5.41, 5.74) is 4.89. The molecule has 3 heteroatoms. The Bertz CT molecular complexity index is 943. The van der Waals surface area contributed by atoms with Crippen LogP contribution in [0.5, 0.6) is 0 Å². The van der Waals surface area contributed by atoms with E-state index in [1.54, 1.807) is 0 Å². The summed E-state index contributed by atoms with van der Waals surface area (Å²) in [4.78, 5) is 26.2. The molecule has 1 aliphatic rings. The maximum atomic E-state index is 12.4. The second-order valence-electron chi connectivity index (χ2n) is 5.85. The lowest BCUT2D eigenvalue weighted by Gasteiger charge is -2.17. The maximum Gasteiger partial charge on any atom is 0.304 e. The van der Waals surface area contributed by atoms with E-state index in [0.717, 1.165) is 16.7 Å². The minimum absolute atomic E-state index is 0.435. The predicted molar refractivity (Wildman–Crippen MR) is 94.5 cm³/mol. The molecular formula is C21H15NO2. The Morgan fingerprint density at radius 2 is 1.38 bits per heavy atom. The molecule has 0 radical (unpaired) electrons. The third-order valence-corrected chi connectivity index (χ3v) is 4.35. The number of carbonyl (C=O) groups is 2. The first kappa shape index (κ1) is 14.4. The van der Waals surface area contributed by atoms with Crippen molar-refractivity contribution in [2.45, 2.75) is 6.92 Å². The van der Waals surface area contributed by atoms with Crippen LogP contribution in [-0.4, -0.2) is 11.7 Å². The molecule has 0 saturated heterocycles. The number of nitrogens with zero attached hydrogens (tertiary/aromatic N) is 1. The van der Waals surface area contributed by atoms with E-state index in [1.165, 1.54) is 4.90 Å². The fraction of sp³-hybridized carbons (Fsp3) is 0.0476. The van der Waals surface area contributed by atoms with Crippen LogP contribution in [0.3, 0.4) is 0 Å². The van der Waals surface area contributed by atoms with E-state index in [2.05, 4.69) is 0 Å². The van der Waals surface area contributed by atoms with Crippen molar-refractivity contribution in [1.82, 2.24) is 0 Å². The quantitative estimate of drug-likeness (QED) is 0.652. The summed E-state index contributed by atoms with van der Waals surface area (Å²) in [6, 6.07) is 23.3. The smallest absolute Gasteiger partial charge is 0.283 e. The maximum absolute atomic E-state index is 12.4. The lowest BCUT2D eigenvalue weighted by molar-refractivity contribution is -0.113. The lowest BCUT2D eigenvalue weighted by Crippen LogP contribution is -2.24. The number of benzene rings is 3. The number of aryl methyl sites for hydroxylation is 1. The molecule has 0 spiro atoms. The Balaban J connectivity index is 1.77. The summed E-state index contributed by atoms with van der Waals surface area (Å²) in [6.07, 6.45) is 0. The van der Waals surface area contributed by atoms with Crippen molar-refractivity contribution in [1.29, 1.82) is 0 Å². The highest BCUT2D eigenvalue weighted by Gasteiger charge is 2.37. The van der Waals surface area contributed by atoms with Gasteiger partial charge in [0.25, 0.3) is 5.78 Å². The van der Waals surface area contributed by atoms with Gasteiger partial charge in [0.15, 0.2) is 0 Å². The molecule has 1 amide bonds. The highest BCUT2D eigenvalue weighted by molar-refractivity contribution is 6.54. The van der Waals surface area contributed by atoms with Gasteiger partial charge in [0, 0.05) is 5.69 Å². The summed E-state index contributed by atoms with van der Waals surface area (Å²) in [6.45, 7) is 1.85. The van der Waals surface area contributed by atoms with Crippen molar-refractivity contribution in [3.63, 3.8) is 0 Å². The predicted octanol–water partition coefficient (Wildman–Crippen LogP) is 4.52. The molecule has 0 fully saturated rings. The van der Waals surface area contributed by atoms with Crippen LogP contribution in [0.15, 0.2) is 72.8 Å². The molecule has 3 aromatic carbocycles. The average Bonchev–Trinajstić information content (AvgIpc) is 2.88. The number of hydrogen-bond acceptors (Lipinski definition) is 2. The molecule has 24 heavy (non-hydrogen) atoms. The highest BCUT2D eigenvalue weighted by Crippen LogP contribution is 2.37. The number of fused-ring (bicyclic) bond motifs is 1. The first-order valence-electron chi connectivity index (χ1n) is 7.81. The SMILES string of the molecule is Cc1cccc2c1C(=O)C(=O)N2c1ccc(-c2ccccc2)cc1. The van der Waals surface area contributed by atoms with Crippen LogP contribution in [0.1, 0.15) is 15.9 Å². The Morgan fingerprint density at radius 1 is 0.708 bits per heavy atom. The van der Waals surface area contributed by atoms with E-state index in [1.807, 2.05) is 79.7 Å². The molecule has 116 valence electrons. The first-order chi connectivity index (χ1) is 11.7. The Kier molecular flexibility index (Phi) is 3.28. The van der Waals surface area contributed by atoms with E-state index in [0.29, 0.717) is 16.9 Å². The van der Waals surface area contributed by atoms with Gasteiger partial charge >= 0.3 is 5.91 Å². The summed E-state index contributed by atoms with van der Waals surface area (Å²) in [5.74, 6) is -0.929. The third-order valence-electron chi connectivity index (χ3n) is 4.35. The molecular weight excluding hydrogens is 298 g/mol. The zero-order valence-electron chi connectivity index (χ0n) is 13.2. The number of hydrogen-bond donors (Lipinski definition) is 0. The minimum Gasteiger partial charge on any atom is -0.283 e. The van der Waals surface area contributed by atoms with Crippen molar-refractivity contribution >= 4 is 23.1 Å². The zero-order valence-corrected chi connectivity index (χ0v) is 13.2. The molecule has 0 atom stereocenters. The monoisotopic (exact) mass is 313 g/mol. The third kappa shape index (κ3) is 2.14. The molecule has 0 N–H and O–H groups in total. The topological polar surface area (TPSA) is 37.4 Å². The van der Waals surface area contributed by atoms with Gasteiger partial charge in [-0.2, -0.15) is 0 Å². The van der Waals surface area contributed by atoms with Gasteiger partial charge in [0.05, 0.1) is 11.3 Å². The van der Waals surface area contributed by atoms with Crippen LogP contribution >= 0.6 is 0 Å². The largest absolute Gasteiger partial charge is 0.304 e. The van der Waals surface area contributed by atoms with Gasteiger partial charge < -0.3 is 0 Å². The van der Waals surface area contributed by atoms with E-state index >= 15 is 0 Å². The van der Waals surface area contributed by atoms with Gasteiger partial charge in [-0.1, -0.05) is 54.6 Å². The van der Waals surface area contributed by atoms with Crippen LogP contribution in [0, 0.1) is 6.92 Å². The van der Waals surface area contributed by atoms with E-state index in [9.17, 15) is 9.59 Å². The molecule has 0 saturated carbocycles. The van der Waals surface area contributed by atoms with Gasteiger partial charge in [-0.05, 0) is 41.8 Å². The van der Waals surface area contributed by atoms with E-state index in [-0.39, 0.29) is 0 Å². The average molecular weight is 313 g/mol. The molecule has 0 aromatic heterocycles. The summed E-state index contributed by atoms with van der Waals surface area (Å²) in [5, 5.41) is 0. The van der Waals surface area contributed by atoms with Crippen LogP contribution in [-0.2, 0) is 4.79 Å². The molecule has 0 aliphatic carbocycles. The minimum atomic E-state index is -0.494. The van der Waals surface area contributed by atoms with Gasteiger partial charge in [0.2, 0.25) is 0 Å². The first-order valence-corrected chi connectivity index (χ1v) is 7.81. The summed E-state index contributed by atoms with van der Waals surface area (Å²) >= 11 is 0. The zero-order chi connectivity index (χ0) is 16.7. The molecule has 0 bridgehead atoms. The van der Waals surface area contributed by atoms with Crippen LogP contribution in [0.2, 0.25) is 0 Å². The number of anilines is 2. The second-order valence-corrected chi connectivity index (χ2v) is 5.85. The molecule has 1 aliphatic heterocycles. The number of ketones is 1. The van der Waals surface area contributed by atoms with Gasteiger partial charge in [-0.3, -0.25) is 14.5 Å². The lowest BCUT2D eigenvalue weighted by atomic mass is 10.0. The van der Waals surface area contributed by atoms with Gasteiger partial charge in [0.1, 0.15) is 0 Å². The Labute approximate surface area is 140 Å². The molecule has 4 rings (SSSR count). The standard InChI is InChI=1S/C21H15NO2/c1-14-6-5-9-18-19(14)20(23)21(24)22(18)17-12-10-16(11-13-17)15-7-3-2-4-8-15/h2-13H,1H3. The van der Waals surface area contributed by atoms with Crippen LogP contribution in [0.25, 0.3) is 11.1 Å². The van der Waals surface area contributed by atoms with Crippen molar-refractivity contribution < 1.29 is 9.59 Å². The molecule has 3 nitrogen and oxygen atoms in total. The summed E-state index contributed by atoms with van der Waals surface area (Å²) in [7, 11) is 0. The second kappa shape index (κ2) is 5.46. The van der Waals surface area contributed by atoms with Crippen LogP contribution in [0.4, 0.5) is 11.4 Å². The van der Waals surface area contributed by atoms with E-state index < -0.39 is 11.7 Å². The van der Waals surface area contributed by atoms with Crippen molar-refractivity contribution in [2.75, 3.05) is 4.90 Å². The molecule has 0 unspecified atom stereocenters. The normalized spacial score (nSPS) is 13.3. The Morgan fingerprint density at radius 3 is 2.08 bits per heavy atom. The number of carbonyl (C=O) groups excluding carboxylic acids is 2. The fourth-order valence-electron chi connectivity index (χ4n) is 3.14. The number of Topliss-reactive ketones (excluding diaryl/α,β-unsaturated/α-hetero) is 1. The Hall–Kier alpha value is -3.20. The van der Waals surface area contributed by atoms with Crippen molar-refractivity contribution in [3.05, 3.63) is 83.9 Å².